The van der Waals surface area contributed by atoms with Gasteiger partial charge in [0.15, 0.2) is 5.03 Å². The molecule has 0 aromatic carbocycles. The summed E-state index contributed by atoms with van der Waals surface area (Å²) in [5.41, 5.74) is 0.315. The minimum atomic E-state index is -3.57. The number of piperidine rings is 1. The highest BCUT2D eigenvalue weighted by Gasteiger charge is 2.32. The maximum absolute atomic E-state index is 12.4. The molecule has 1 saturated heterocycles. The van der Waals surface area contributed by atoms with Gasteiger partial charge in [-0.15, -0.1) is 0 Å². The van der Waals surface area contributed by atoms with Gasteiger partial charge in [-0.05, 0) is 26.9 Å². The number of aliphatic hydroxyl groups is 1. The van der Waals surface area contributed by atoms with E-state index in [1.54, 1.807) is 0 Å². The van der Waals surface area contributed by atoms with Gasteiger partial charge in [-0.25, -0.2) is 8.42 Å². The molecule has 1 aliphatic rings. The third-order valence-electron chi connectivity index (χ3n) is 3.60. The number of hydrogen-bond donors (Lipinski definition) is 2. The number of sulfonamides is 1. The Balaban J connectivity index is 2.14. The van der Waals surface area contributed by atoms with Gasteiger partial charge < -0.3 is 10.0 Å². The predicted octanol–water partition coefficient (Wildman–Crippen LogP) is -0.383. The molecule has 7 nitrogen and oxygen atoms in total. The van der Waals surface area contributed by atoms with Crippen LogP contribution in [-0.2, 0) is 16.6 Å². The molecule has 0 saturated carbocycles. The van der Waals surface area contributed by atoms with Crippen LogP contribution in [0.2, 0.25) is 0 Å². The Morgan fingerprint density at radius 3 is 2.63 bits per heavy atom. The summed E-state index contributed by atoms with van der Waals surface area (Å²) in [4.78, 5) is 2.12. The maximum Gasteiger partial charge on any atom is 0.260 e. The van der Waals surface area contributed by atoms with E-state index in [1.807, 2.05) is 14.1 Å². The zero-order chi connectivity index (χ0) is 14.0. The normalized spacial score (nSPS) is 19.2. The minimum absolute atomic E-state index is 0.0123. The second-order valence-corrected chi connectivity index (χ2v) is 6.86. The van der Waals surface area contributed by atoms with Crippen molar-refractivity contribution < 1.29 is 13.5 Å². The molecular formula is C11H20N4O3S. The quantitative estimate of drug-likeness (QED) is 0.788. The van der Waals surface area contributed by atoms with Crippen LogP contribution in [0.5, 0.6) is 0 Å². The summed E-state index contributed by atoms with van der Waals surface area (Å²) in [5.74, 6) is 0. The van der Waals surface area contributed by atoms with E-state index in [-0.39, 0.29) is 11.6 Å². The van der Waals surface area contributed by atoms with E-state index in [2.05, 4.69) is 15.1 Å². The standard InChI is InChI=1S/C11H20N4O3S/c1-14(2)10-3-5-15(6-4-10)19(17,18)11-9(8-16)7-12-13-11/h7,10,16H,3-6,8H2,1-2H3,(H,12,13). The fourth-order valence-corrected chi connectivity index (χ4v) is 3.93. The van der Waals surface area contributed by atoms with Gasteiger partial charge in [0.25, 0.3) is 10.0 Å². The molecule has 0 spiro atoms. The van der Waals surface area contributed by atoms with Crippen LogP contribution in [0.15, 0.2) is 11.2 Å². The summed E-state index contributed by atoms with van der Waals surface area (Å²) in [6.07, 6.45) is 2.98. The number of H-pyrrole nitrogens is 1. The van der Waals surface area contributed by atoms with Crippen LogP contribution in [-0.4, -0.2) is 66.2 Å². The molecule has 2 N–H and O–H groups in total. The van der Waals surface area contributed by atoms with Crippen molar-refractivity contribution >= 4 is 10.0 Å². The third kappa shape index (κ3) is 2.81. The van der Waals surface area contributed by atoms with Crippen molar-refractivity contribution in [1.82, 2.24) is 19.4 Å². The Hall–Kier alpha value is -0.960. The smallest absolute Gasteiger partial charge is 0.260 e. The van der Waals surface area contributed by atoms with Gasteiger partial charge in [-0.2, -0.15) is 9.40 Å². The van der Waals surface area contributed by atoms with Crippen molar-refractivity contribution in [2.24, 2.45) is 0 Å². The van der Waals surface area contributed by atoms with Crippen molar-refractivity contribution in [3.05, 3.63) is 11.8 Å². The van der Waals surface area contributed by atoms with Gasteiger partial charge in [-0.3, -0.25) is 5.10 Å². The molecule has 19 heavy (non-hydrogen) atoms. The minimum Gasteiger partial charge on any atom is -0.392 e. The lowest BCUT2D eigenvalue weighted by atomic mass is 10.1. The average molecular weight is 288 g/mol. The summed E-state index contributed by atoms with van der Waals surface area (Å²) in [6.45, 7) is 0.656. The Kier molecular flexibility index (Phi) is 4.24. The molecule has 0 bridgehead atoms. The molecule has 1 fully saturated rings. The second kappa shape index (κ2) is 5.58. The molecule has 1 aromatic rings. The van der Waals surface area contributed by atoms with Gasteiger partial charge in [0, 0.05) is 24.7 Å². The SMILES string of the molecule is CN(C)C1CCN(S(=O)(=O)c2[nH]ncc2CO)CC1. The first-order valence-electron chi connectivity index (χ1n) is 6.26. The van der Waals surface area contributed by atoms with Crippen molar-refractivity contribution in [3.63, 3.8) is 0 Å². The van der Waals surface area contributed by atoms with Crippen LogP contribution in [0.1, 0.15) is 18.4 Å². The van der Waals surface area contributed by atoms with Crippen LogP contribution in [0, 0.1) is 0 Å². The molecular weight excluding hydrogens is 268 g/mol. The summed E-state index contributed by atoms with van der Waals surface area (Å²) >= 11 is 0. The molecule has 0 unspecified atom stereocenters. The van der Waals surface area contributed by atoms with Crippen molar-refractivity contribution in [2.45, 2.75) is 30.5 Å². The first kappa shape index (κ1) is 14.4. The molecule has 1 aliphatic heterocycles. The van der Waals surface area contributed by atoms with Gasteiger partial charge in [0.05, 0.1) is 12.8 Å². The highest BCUT2D eigenvalue weighted by atomic mass is 32.2. The van der Waals surface area contributed by atoms with E-state index in [0.29, 0.717) is 24.7 Å². The highest BCUT2D eigenvalue weighted by Crippen LogP contribution is 2.23. The van der Waals surface area contributed by atoms with Gasteiger partial charge >= 0.3 is 0 Å². The zero-order valence-corrected chi connectivity index (χ0v) is 12.0. The van der Waals surface area contributed by atoms with Crippen LogP contribution in [0.3, 0.4) is 0 Å². The molecule has 2 rings (SSSR count). The fraction of sp³-hybridized carbons (Fsp3) is 0.727. The first-order valence-corrected chi connectivity index (χ1v) is 7.70. The van der Waals surface area contributed by atoms with E-state index in [4.69, 9.17) is 5.11 Å². The molecule has 8 heteroatoms. The van der Waals surface area contributed by atoms with E-state index in [0.717, 1.165) is 12.8 Å². The molecule has 108 valence electrons. The number of nitrogens with one attached hydrogen (secondary N) is 1. The van der Waals surface area contributed by atoms with Crippen LogP contribution in [0.25, 0.3) is 0 Å². The van der Waals surface area contributed by atoms with Gasteiger partial charge in [-0.1, -0.05) is 0 Å². The summed E-state index contributed by atoms with van der Waals surface area (Å²) < 4.78 is 26.3. The molecule has 2 heterocycles. The number of hydrogen-bond acceptors (Lipinski definition) is 5. The second-order valence-electron chi connectivity index (χ2n) is 4.98. The number of rotatable bonds is 4. The van der Waals surface area contributed by atoms with E-state index < -0.39 is 10.0 Å². The Labute approximate surface area is 113 Å². The van der Waals surface area contributed by atoms with Gasteiger partial charge in [0.2, 0.25) is 0 Å². The lowest BCUT2D eigenvalue weighted by Crippen LogP contribution is -2.44. The molecule has 1 aromatic heterocycles. The topological polar surface area (TPSA) is 89.5 Å². The molecule has 0 radical (unpaired) electrons. The van der Waals surface area contributed by atoms with Crippen LogP contribution >= 0.6 is 0 Å². The maximum atomic E-state index is 12.4. The largest absolute Gasteiger partial charge is 0.392 e. The first-order chi connectivity index (χ1) is 8.96. The number of aromatic amines is 1. The average Bonchev–Trinajstić information content (AvgIpc) is 2.87. The molecule has 0 aliphatic carbocycles. The lowest BCUT2D eigenvalue weighted by molar-refractivity contribution is 0.196. The lowest BCUT2D eigenvalue weighted by Gasteiger charge is -2.34. The number of aromatic nitrogens is 2. The monoisotopic (exact) mass is 288 g/mol. The highest BCUT2D eigenvalue weighted by molar-refractivity contribution is 7.89. The van der Waals surface area contributed by atoms with E-state index >= 15 is 0 Å². The number of nitrogens with zero attached hydrogens (tertiary/aromatic N) is 3. The van der Waals surface area contributed by atoms with Crippen molar-refractivity contribution in [1.29, 1.82) is 0 Å². The Bertz CT molecular complexity index is 518. The van der Waals surface area contributed by atoms with Crippen molar-refractivity contribution in [2.75, 3.05) is 27.2 Å². The van der Waals surface area contributed by atoms with Crippen LogP contribution < -0.4 is 0 Å². The van der Waals surface area contributed by atoms with Crippen molar-refractivity contribution in [3.8, 4) is 0 Å². The molecule has 0 amide bonds. The zero-order valence-electron chi connectivity index (χ0n) is 11.2. The Morgan fingerprint density at radius 2 is 2.11 bits per heavy atom. The predicted molar refractivity (Wildman–Crippen MR) is 70.0 cm³/mol. The summed E-state index contributed by atoms with van der Waals surface area (Å²) in [5, 5.41) is 15.3. The summed E-state index contributed by atoms with van der Waals surface area (Å²) in [6, 6.07) is 0.422. The van der Waals surface area contributed by atoms with Crippen LogP contribution in [0.4, 0.5) is 0 Å². The third-order valence-corrected chi connectivity index (χ3v) is 5.51. The van der Waals surface area contributed by atoms with E-state index in [9.17, 15) is 8.42 Å². The fourth-order valence-electron chi connectivity index (χ4n) is 2.36. The molecule has 0 atom stereocenters. The van der Waals surface area contributed by atoms with Gasteiger partial charge in [0.1, 0.15) is 0 Å². The summed E-state index contributed by atoms with van der Waals surface area (Å²) in [7, 11) is 0.441. The Morgan fingerprint density at radius 1 is 1.47 bits per heavy atom. The number of aliphatic hydroxyl groups excluding tert-OH is 1. The van der Waals surface area contributed by atoms with E-state index in [1.165, 1.54) is 10.5 Å².